The molecule has 1 saturated heterocycles. The standard InChI is InChI=1S/C17H30ClN5O.HI/c1-19-17(22(3)13-16-10-14(18)12-21(16)2)20-11-15-6-5-7-23(15)8-9-24-4;/h10,12,15H,5-9,11,13H2,1-4H3,(H,19,20);1H. The highest BCUT2D eigenvalue weighted by molar-refractivity contribution is 14.0. The quantitative estimate of drug-likeness (QED) is 0.368. The number of aliphatic imine (C=N–C) groups is 1. The van der Waals surface area contributed by atoms with Gasteiger partial charge < -0.3 is 19.5 Å². The number of halogens is 2. The molecule has 144 valence electrons. The molecular formula is C17H31ClIN5O. The molecule has 1 atom stereocenters. The molecule has 1 aromatic heterocycles. The molecule has 2 heterocycles. The van der Waals surface area contributed by atoms with E-state index in [-0.39, 0.29) is 24.0 Å². The van der Waals surface area contributed by atoms with Gasteiger partial charge >= 0.3 is 0 Å². The highest BCUT2D eigenvalue weighted by Crippen LogP contribution is 2.16. The number of rotatable bonds is 7. The number of ether oxygens (including phenoxy) is 1. The van der Waals surface area contributed by atoms with Gasteiger partial charge in [-0.2, -0.15) is 0 Å². The summed E-state index contributed by atoms with van der Waals surface area (Å²) in [5.74, 6) is 0.908. The molecule has 2 rings (SSSR count). The van der Waals surface area contributed by atoms with E-state index in [1.54, 1.807) is 7.11 Å². The largest absolute Gasteiger partial charge is 0.383 e. The summed E-state index contributed by atoms with van der Waals surface area (Å²) in [7, 11) is 7.65. The van der Waals surface area contributed by atoms with Crippen molar-refractivity contribution in [1.82, 2.24) is 19.7 Å². The zero-order valence-electron chi connectivity index (χ0n) is 15.7. The predicted octanol–water partition coefficient (Wildman–Crippen LogP) is 2.41. The van der Waals surface area contributed by atoms with E-state index in [4.69, 9.17) is 16.3 Å². The van der Waals surface area contributed by atoms with Gasteiger partial charge in [-0.05, 0) is 25.5 Å². The molecule has 1 aliphatic rings. The molecule has 0 spiro atoms. The second kappa shape index (κ2) is 11.3. The van der Waals surface area contributed by atoms with Crippen LogP contribution in [0.4, 0.5) is 0 Å². The first-order valence-corrected chi connectivity index (χ1v) is 8.88. The Kier molecular flexibility index (Phi) is 10.1. The van der Waals surface area contributed by atoms with Crippen LogP contribution in [0.1, 0.15) is 18.5 Å². The smallest absolute Gasteiger partial charge is 0.193 e. The van der Waals surface area contributed by atoms with Gasteiger partial charge in [0.1, 0.15) is 0 Å². The van der Waals surface area contributed by atoms with Gasteiger partial charge in [0.25, 0.3) is 0 Å². The van der Waals surface area contributed by atoms with E-state index >= 15 is 0 Å². The van der Waals surface area contributed by atoms with Gasteiger partial charge in [0.2, 0.25) is 0 Å². The van der Waals surface area contributed by atoms with E-state index in [1.807, 2.05) is 33.4 Å². The van der Waals surface area contributed by atoms with Crippen LogP contribution in [0.15, 0.2) is 17.3 Å². The van der Waals surface area contributed by atoms with Crippen molar-refractivity contribution in [1.29, 1.82) is 0 Å². The molecule has 1 aliphatic heterocycles. The topological polar surface area (TPSA) is 45.0 Å². The van der Waals surface area contributed by atoms with E-state index in [1.165, 1.54) is 12.8 Å². The highest BCUT2D eigenvalue weighted by Gasteiger charge is 2.24. The molecule has 0 saturated carbocycles. The summed E-state index contributed by atoms with van der Waals surface area (Å²) in [6, 6.07) is 2.55. The number of likely N-dealkylation sites (tertiary alicyclic amines) is 1. The van der Waals surface area contributed by atoms with Gasteiger partial charge in [-0.25, -0.2) is 0 Å². The second-order valence-corrected chi connectivity index (χ2v) is 6.81. The fraction of sp³-hybridized carbons (Fsp3) is 0.706. The summed E-state index contributed by atoms with van der Waals surface area (Å²) in [6.07, 6.45) is 4.41. The molecule has 0 aromatic carbocycles. The fourth-order valence-corrected chi connectivity index (χ4v) is 3.54. The van der Waals surface area contributed by atoms with Crippen LogP contribution in [-0.2, 0) is 18.3 Å². The first kappa shape index (κ1) is 22.5. The number of nitrogens with one attached hydrogen (secondary N) is 1. The molecule has 1 fully saturated rings. The number of aryl methyl sites for hydroxylation is 1. The SMILES string of the molecule is CN=C(NCC1CCCN1CCOC)N(C)Cc1cc(Cl)cn1C.I. The Morgan fingerprint density at radius 2 is 2.28 bits per heavy atom. The van der Waals surface area contributed by atoms with Crippen LogP contribution in [0.2, 0.25) is 5.02 Å². The van der Waals surface area contributed by atoms with Crippen LogP contribution in [-0.4, -0.2) is 73.8 Å². The number of aromatic nitrogens is 1. The third kappa shape index (κ3) is 6.62. The lowest BCUT2D eigenvalue weighted by Gasteiger charge is -2.27. The van der Waals surface area contributed by atoms with Crippen molar-refractivity contribution < 1.29 is 4.74 Å². The molecule has 1 aromatic rings. The van der Waals surface area contributed by atoms with Crippen LogP contribution in [0.5, 0.6) is 0 Å². The van der Waals surface area contributed by atoms with Crippen molar-refractivity contribution in [3.8, 4) is 0 Å². The fourth-order valence-electron chi connectivity index (χ4n) is 3.26. The molecule has 0 bridgehead atoms. The van der Waals surface area contributed by atoms with Gasteiger partial charge in [-0.15, -0.1) is 24.0 Å². The summed E-state index contributed by atoms with van der Waals surface area (Å²) in [5, 5.41) is 4.28. The number of methoxy groups -OCH3 is 1. The summed E-state index contributed by atoms with van der Waals surface area (Å²) >= 11 is 6.07. The van der Waals surface area contributed by atoms with Crippen molar-refractivity contribution in [3.05, 3.63) is 23.0 Å². The molecule has 8 heteroatoms. The highest BCUT2D eigenvalue weighted by atomic mass is 127. The average Bonchev–Trinajstić information content (AvgIpc) is 3.12. The van der Waals surface area contributed by atoms with Crippen LogP contribution in [0.25, 0.3) is 0 Å². The minimum Gasteiger partial charge on any atom is -0.383 e. The normalized spacial score (nSPS) is 18.3. The van der Waals surface area contributed by atoms with E-state index in [0.717, 1.165) is 49.5 Å². The number of hydrogen-bond acceptors (Lipinski definition) is 3. The maximum absolute atomic E-state index is 6.07. The van der Waals surface area contributed by atoms with E-state index in [9.17, 15) is 0 Å². The van der Waals surface area contributed by atoms with Crippen LogP contribution >= 0.6 is 35.6 Å². The monoisotopic (exact) mass is 483 g/mol. The Morgan fingerprint density at radius 1 is 1.52 bits per heavy atom. The van der Waals surface area contributed by atoms with Crippen molar-refractivity contribution in [2.24, 2.45) is 12.0 Å². The summed E-state index contributed by atoms with van der Waals surface area (Å²) in [4.78, 5) is 9.04. The predicted molar refractivity (Wildman–Crippen MR) is 115 cm³/mol. The van der Waals surface area contributed by atoms with E-state index in [2.05, 4.69) is 24.7 Å². The van der Waals surface area contributed by atoms with Crippen molar-refractivity contribution >= 4 is 41.5 Å². The first-order valence-electron chi connectivity index (χ1n) is 8.50. The third-order valence-electron chi connectivity index (χ3n) is 4.62. The van der Waals surface area contributed by atoms with E-state index in [0.29, 0.717) is 6.04 Å². The molecule has 1 unspecified atom stereocenters. The third-order valence-corrected chi connectivity index (χ3v) is 4.83. The van der Waals surface area contributed by atoms with Crippen molar-refractivity contribution in [2.75, 3.05) is 47.4 Å². The minimum absolute atomic E-state index is 0. The number of hydrogen-bond donors (Lipinski definition) is 1. The molecule has 0 radical (unpaired) electrons. The Hall–Kier alpha value is -0.510. The Morgan fingerprint density at radius 3 is 2.88 bits per heavy atom. The zero-order valence-corrected chi connectivity index (χ0v) is 18.8. The van der Waals surface area contributed by atoms with Crippen LogP contribution in [0.3, 0.4) is 0 Å². The second-order valence-electron chi connectivity index (χ2n) is 6.37. The Labute approximate surface area is 173 Å². The van der Waals surface area contributed by atoms with Crippen LogP contribution in [0, 0.1) is 0 Å². The summed E-state index contributed by atoms with van der Waals surface area (Å²) in [5.41, 5.74) is 1.16. The van der Waals surface area contributed by atoms with Gasteiger partial charge in [-0.3, -0.25) is 9.89 Å². The Bertz CT molecular complexity index is 551. The van der Waals surface area contributed by atoms with Gasteiger partial charge in [0.05, 0.1) is 18.2 Å². The molecule has 25 heavy (non-hydrogen) atoms. The van der Waals surface area contributed by atoms with Crippen LogP contribution < -0.4 is 5.32 Å². The maximum Gasteiger partial charge on any atom is 0.193 e. The molecule has 0 amide bonds. The summed E-state index contributed by atoms with van der Waals surface area (Å²) in [6.45, 7) is 4.63. The first-order chi connectivity index (χ1) is 11.5. The maximum atomic E-state index is 6.07. The Balaban J connectivity index is 0.00000312. The van der Waals surface area contributed by atoms with Gasteiger partial charge in [0.15, 0.2) is 5.96 Å². The molecule has 6 nitrogen and oxygen atoms in total. The van der Waals surface area contributed by atoms with Gasteiger partial charge in [-0.1, -0.05) is 11.6 Å². The summed E-state index contributed by atoms with van der Waals surface area (Å²) < 4.78 is 7.26. The lowest BCUT2D eigenvalue weighted by atomic mass is 10.2. The van der Waals surface area contributed by atoms with Crippen molar-refractivity contribution in [2.45, 2.75) is 25.4 Å². The lowest BCUT2D eigenvalue weighted by molar-refractivity contribution is 0.141. The van der Waals surface area contributed by atoms with Crippen molar-refractivity contribution in [3.63, 3.8) is 0 Å². The minimum atomic E-state index is 0. The number of nitrogens with zero attached hydrogens (tertiary/aromatic N) is 4. The lowest BCUT2D eigenvalue weighted by Crippen LogP contribution is -2.46. The van der Waals surface area contributed by atoms with E-state index < -0.39 is 0 Å². The zero-order chi connectivity index (χ0) is 17.5. The van der Waals surface area contributed by atoms with Gasteiger partial charge in [0, 0.05) is 59.3 Å². The molecule has 0 aliphatic carbocycles. The average molecular weight is 484 g/mol. The molecular weight excluding hydrogens is 453 g/mol. The molecule has 1 N–H and O–H groups in total. The number of guanidine groups is 1.